The number of pyridine rings is 5. The number of aromatic nitrogens is 5. The molecule has 0 bridgehead atoms. The quantitative estimate of drug-likeness (QED) is 0.152. The number of rotatable bonds is 0. The Balaban J connectivity index is 0.000000218. The van der Waals surface area contributed by atoms with Gasteiger partial charge < -0.3 is 0 Å². The smallest absolute Gasteiger partial charge is 0.132 e. The molecule has 0 unspecified atom stereocenters. The first-order chi connectivity index (χ1) is 27.9. The summed E-state index contributed by atoms with van der Waals surface area (Å²) < 4.78 is 13.5. The molecule has 5 heterocycles. The van der Waals surface area contributed by atoms with Crippen LogP contribution in [0.5, 0.6) is 0 Å². The van der Waals surface area contributed by atoms with Gasteiger partial charge in [0, 0.05) is 56.9 Å². The molecule has 0 N–H and O–H groups in total. The molecule has 8 aromatic rings. The molecular weight excluding hydrogens is 762 g/mol. The SMILES string of the molecule is C.C.CC(C)(C)c1ccc2ncccc2c1.CC(C)(C)c1cnc2cccc(F)c2c1.Cc1ccc2c(C(C)(C)C)nccc2n1.Cc1ccc2nc(C)cc(C(C)(C)C)c2c1. The third kappa shape index (κ3) is 13.0. The van der Waals surface area contributed by atoms with Crippen molar-refractivity contribution in [2.75, 3.05) is 0 Å². The highest BCUT2D eigenvalue weighted by molar-refractivity contribution is 5.84. The molecule has 62 heavy (non-hydrogen) atoms. The van der Waals surface area contributed by atoms with Crippen LogP contribution in [0.3, 0.4) is 0 Å². The van der Waals surface area contributed by atoms with E-state index in [4.69, 9.17) is 0 Å². The summed E-state index contributed by atoms with van der Waals surface area (Å²) in [6, 6.07) is 32.3. The van der Waals surface area contributed by atoms with Crippen LogP contribution in [0.25, 0.3) is 43.6 Å². The van der Waals surface area contributed by atoms with Crippen molar-refractivity contribution >= 4 is 43.6 Å². The summed E-state index contributed by atoms with van der Waals surface area (Å²) in [4.78, 5) is 22.1. The molecule has 8 rings (SSSR count). The number of hydrogen-bond acceptors (Lipinski definition) is 5. The highest BCUT2D eigenvalue weighted by atomic mass is 19.1. The first kappa shape index (κ1) is 50.7. The lowest BCUT2D eigenvalue weighted by Crippen LogP contribution is -2.14. The van der Waals surface area contributed by atoms with Crippen LogP contribution in [-0.4, -0.2) is 24.9 Å². The minimum absolute atomic E-state index is 0. The van der Waals surface area contributed by atoms with Crippen LogP contribution in [0.15, 0.2) is 116 Å². The molecule has 0 spiro atoms. The van der Waals surface area contributed by atoms with Gasteiger partial charge in [0.1, 0.15) is 5.82 Å². The number of benzene rings is 3. The largest absolute Gasteiger partial charge is 0.260 e. The van der Waals surface area contributed by atoms with Crippen molar-refractivity contribution in [2.45, 2.75) is 140 Å². The highest BCUT2D eigenvalue weighted by Crippen LogP contribution is 2.31. The Morgan fingerprint density at radius 2 is 1.08 bits per heavy atom. The van der Waals surface area contributed by atoms with E-state index in [1.165, 1.54) is 33.5 Å². The molecular formula is C56H72FN5. The van der Waals surface area contributed by atoms with Gasteiger partial charge in [0.2, 0.25) is 0 Å². The van der Waals surface area contributed by atoms with Gasteiger partial charge in [0.25, 0.3) is 0 Å². The second-order valence-electron chi connectivity index (χ2n) is 20.0. The van der Waals surface area contributed by atoms with Gasteiger partial charge in [-0.1, -0.05) is 128 Å². The van der Waals surface area contributed by atoms with Crippen LogP contribution in [0, 0.1) is 26.6 Å². The molecule has 0 saturated heterocycles. The van der Waals surface area contributed by atoms with E-state index in [9.17, 15) is 4.39 Å². The molecule has 0 saturated carbocycles. The first-order valence-corrected chi connectivity index (χ1v) is 20.9. The molecule has 0 aliphatic carbocycles. The zero-order valence-electron chi connectivity index (χ0n) is 38.6. The van der Waals surface area contributed by atoms with Gasteiger partial charge in [0.15, 0.2) is 0 Å². The van der Waals surface area contributed by atoms with Crippen molar-refractivity contribution < 1.29 is 4.39 Å². The monoisotopic (exact) mass is 834 g/mol. The van der Waals surface area contributed by atoms with E-state index in [1.54, 1.807) is 6.07 Å². The molecule has 328 valence electrons. The molecule has 5 nitrogen and oxygen atoms in total. The summed E-state index contributed by atoms with van der Waals surface area (Å²) in [7, 11) is 0. The molecule has 0 aliphatic rings. The summed E-state index contributed by atoms with van der Waals surface area (Å²) in [5.41, 5.74) is 12.7. The second-order valence-corrected chi connectivity index (χ2v) is 20.0. The molecule has 0 amide bonds. The summed E-state index contributed by atoms with van der Waals surface area (Å²) in [5, 5.41) is 4.28. The third-order valence-electron chi connectivity index (χ3n) is 10.4. The zero-order chi connectivity index (χ0) is 44.2. The Hall–Kier alpha value is -5.62. The van der Waals surface area contributed by atoms with Gasteiger partial charge in [-0.25, -0.2) is 4.39 Å². The van der Waals surface area contributed by atoms with Crippen LogP contribution in [-0.2, 0) is 21.7 Å². The minimum atomic E-state index is -0.203. The van der Waals surface area contributed by atoms with E-state index < -0.39 is 0 Å². The van der Waals surface area contributed by atoms with Crippen LogP contribution in [0.4, 0.5) is 4.39 Å². The number of hydrogen-bond donors (Lipinski definition) is 0. The molecule has 0 aliphatic heterocycles. The van der Waals surface area contributed by atoms with Gasteiger partial charge in [0.05, 0.1) is 27.8 Å². The topological polar surface area (TPSA) is 64.5 Å². The van der Waals surface area contributed by atoms with Crippen molar-refractivity contribution in [1.29, 1.82) is 0 Å². The Kier molecular flexibility index (Phi) is 16.4. The van der Waals surface area contributed by atoms with E-state index in [0.717, 1.165) is 44.6 Å². The molecule has 0 fully saturated rings. The first-order valence-electron chi connectivity index (χ1n) is 20.9. The molecule has 3 aromatic carbocycles. The van der Waals surface area contributed by atoms with Gasteiger partial charge in [-0.05, 0) is 127 Å². The lowest BCUT2D eigenvalue weighted by Gasteiger charge is -2.22. The predicted octanol–water partition coefficient (Wildman–Crippen LogP) is 15.9. The molecule has 5 aromatic heterocycles. The summed E-state index contributed by atoms with van der Waals surface area (Å²) in [6.45, 7) is 32.5. The maximum absolute atomic E-state index is 13.5. The fraction of sp³-hybridized carbons (Fsp3) is 0.375. The van der Waals surface area contributed by atoms with Gasteiger partial charge in [-0.2, -0.15) is 0 Å². The standard InChI is InChI=1S/C15H19N.C13H14FN.C13H16N2.C13H15N.2CH4/c1-10-6-7-14-12(8-10)13(15(3,4)5)9-11(2)16-14;1-13(2,3)9-7-10-11(14)5-4-6-12(10)15-8-9;1-9-5-6-10-11(15-9)7-8-14-12(10)13(2,3)4;1-13(2,3)11-6-7-12-10(9-11)5-4-8-14-12;;/h6-9H,1-5H3;4-8H,1-3H3;5-8H,1-4H3;4-9H,1-3H3;2*1H4. The Morgan fingerprint density at radius 3 is 1.73 bits per heavy atom. The van der Waals surface area contributed by atoms with Crippen molar-refractivity contribution in [1.82, 2.24) is 24.9 Å². The highest BCUT2D eigenvalue weighted by Gasteiger charge is 2.20. The van der Waals surface area contributed by atoms with E-state index >= 15 is 0 Å². The lowest BCUT2D eigenvalue weighted by atomic mass is 9.84. The van der Waals surface area contributed by atoms with Gasteiger partial charge in [-0.15, -0.1) is 0 Å². The maximum atomic E-state index is 13.5. The fourth-order valence-corrected chi connectivity index (χ4v) is 6.91. The van der Waals surface area contributed by atoms with Crippen LogP contribution in [0.1, 0.15) is 137 Å². The van der Waals surface area contributed by atoms with E-state index in [0.29, 0.717) is 10.9 Å². The van der Waals surface area contributed by atoms with Crippen LogP contribution < -0.4 is 0 Å². The normalized spacial score (nSPS) is 11.6. The molecule has 0 radical (unpaired) electrons. The predicted molar refractivity (Wildman–Crippen MR) is 267 cm³/mol. The molecule has 6 heteroatoms. The Labute approximate surface area is 372 Å². The number of aryl methyl sites for hydroxylation is 3. The van der Waals surface area contributed by atoms with Crippen LogP contribution in [0.2, 0.25) is 0 Å². The van der Waals surface area contributed by atoms with Gasteiger partial charge in [-0.3, -0.25) is 24.9 Å². The lowest BCUT2D eigenvalue weighted by molar-refractivity contribution is 0.575. The van der Waals surface area contributed by atoms with E-state index in [1.807, 2.05) is 55.8 Å². The number of halogens is 1. The van der Waals surface area contributed by atoms with Crippen molar-refractivity contribution in [2.24, 2.45) is 0 Å². The van der Waals surface area contributed by atoms with Crippen molar-refractivity contribution in [3.63, 3.8) is 0 Å². The van der Waals surface area contributed by atoms with Crippen molar-refractivity contribution in [3.8, 4) is 0 Å². The summed E-state index contributed by atoms with van der Waals surface area (Å²) in [6.07, 6.45) is 5.50. The number of nitrogens with zero attached hydrogens (tertiary/aromatic N) is 5. The fourth-order valence-electron chi connectivity index (χ4n) is 6.91. The van der Waals surface area contributed by atoms with E-state index in [2.05, 4.69) is 176 Å². The average molecular weight is 834 g/mol. The summed E-state index contributed by atoms with van der Waals surface area (Å²) >= 11 is 0. The van der Waals surface area contributed by atoms with Gasteiger partial charge >= 0.3 is 0 Å². The zero-order valence-corrected chi connectivity index (χ0v) is 38.6. The number of fused-ring (bicyclic) bond motifs is 4. The summed E-state index contributed by atoms with van der Waals surface area (Å²) in [5.74, 6) is -0.203. The molecule has 0 atom stereocenters. The van der Waals surface area contributed by atoms with Crippen molar-refractivity contribution in [3.05, 3.63) is 161 Å². The van der Waals surface area contributed by atoms with Crippen LogP contribution >= 0.6 is 0 Å². The Morgan fingerprint density at radius 1 is 0.435 bits per heavy atom. The second kappa shape index (κ2) is 20.0. The average Bonchev–Trinajstić information content (AvgIpc) is 3.16. The third-order valence-corrected chi connectivity index (χ3v) is 10.4. The maximum Gasteiger partial charge on any atom is 0.132 e. The van der Waals surface area contributed by atoms with E-state index in [-0.39, 0.29) is 42.3 Å². The minimum Gasteiger partial charge on any atom is -0.260 e. The Bertz CT molecular complexity index is 2740.